The van der Waals surface area contributed by atoms with Crippen LogP contribution in [-0.4, -0.2) is 32.4 Å². The maximum absolute atomic E-state index is 12.5. The highest BCUT2D eigenvalue weighted by Crippen LogP contribution is 2.29. The van der Waals surface area contributed by atoms with E-state index in [2.05, 4.69) is 10.5 Å². The van der Waals surface area contributed by atoms with Gasteiger partial charge in [0.05, 0.1) is 26.5 Å². The van der Waals surface area contributed by atoms with E-state index in [1.165, 1.54) is 13.3 Å². The van der Waals surface area contributed by atoms with Gasteiger partial charge in [-0.25, -0.2) is 5.43 Å². The maximum Gasteiger partial charge on any atom is 0.271 e. The predicted octanol–water partition coefficient (Wildman–Crippen LogP) is 5.49. The number of carbonyl (C=O) groups is 1. The first-order valence-electron chi connectivity index (χ1n) is 10.8. The van der Waals surface area contributed by atoms with Crippen molar-refractivity contribution in [1.82, 2.24) is 5.43 Å². The molecule has 0 aliphatic rings. The molecule has 0 heterocycles. The van der Waals surface area contributed by atoms with Crippen molar-refractivity contribution < 1.29 is 23.7 Å². The van der Waals surface area contributed by atoms with Gasteiger partial charge in [0.1, 0.15) is 6.61 Å². The first-order chi connectivity index (χ1) is 16.5. The quantitative estimate of drug-likeness (QED) is 0.289. The molecular formula is C26H27ClN2O5. The highest BCUT2D eigenvalue weighted by Gasteiger charge is 2.11. The number of amides is 1. The van der Waals surface area contributed by atoms with Crippen LogP contribution in [0.5, 0.6) is 23.0 Å². The van der Waals surface area contributed by atoms with Gasteiger partial charge in [0.25, 0.3) is 5.91 Å². The molecule has 0 bridgehead atoms. The average molecular weight is 483 g/mol. The number of benzene rings is 3. The van der Waals surface area contributed by atoms with E-state index in [4.69, 9.17) is 30.5 Å². The number of nitrogens with zero attached hydrogens (tertiary/aromatic N) is 1. The van der Waals surface area contributed by atoms with Gasteiger partial charge in [0, 0.05) is 10.6 Å². The van der Waals surface area contributed by atoms with Crippen molar-refractivity contribution in [2.45, 2.75) is 20.5 Å². The van der Waals surface area contributed by atoms with Crippen LogP contribution in [0, 0.1) is 0 Å². The molecule has 0 aliphatic heterocycles. The maximum atomic E-state index is 12.5. The molecule has 0 atom stereocenters. The van der Waals surface area contributed by atoms with Crippen LogP contribution < -0.4 is 24.4 Å². The lowest BCUT2D eigenvalue weighted by molar-refractivity contribution is 0.0954. The summed E-state index contributed by atoms with van der Waals surface area (Å²) in [7, 11) is 1.52. The molecule has 0 spiro atoms. The summed E-state index contributed by atoms with van der Waals surface area (Å²) < 4.78 is 22.4. The second-order valence-corrected chi connectivity index (χ2v) is 7.49. The molecule has 0 saturated carbocycles. The fourth-order valence-electron chi connectivity index (χ4n) is 3.05. The normalized spacial score (nSPS) is 10.7. The predicted molar refractivity (Wildman–Crippen MR) is 133 cm³/mol. The fourth-order valence-corrected chi connectivity index (χ4v) is 3.17. The topological polar surface area (TPSA) is 78.4 Å². The summed E-state index contributed by atoms with van der Waals surface area (Å²) in [5.74, 6) is 1.88. The van der Waals surface area contributed by atoms with Gasteiger partial charge in [-0.15, -0.1) is 0 Å². The zero-order valence-corrected chi connectivity index (χ0v) is 20.1. The number of carbonyl (C=O) groups excluding carboxylic acids is 1. The molecule has 0 aromatic heterocycles. The second-order valence-electron chi connectivity index (χ2n) is 7.05. The molecule has 3 aromatic carbocycles. The van der Waals surface area contributed by atoms with E-state index >= 15 is 0 Å². The van der Waals surface area contributed by atoms with E-state index in [9.17, 15) is 4.79 Å². The molecule has 0 unspecified atom stereocenters. The van der Waals surface area contributed by atoms with E-state index in [0.717, 1.165) is 11.1 Å². The van der Waals surface area contributed by atoms with Crippen LogP contribution in [0.4, 0.5) is 0 Å². The van der Waals surface area contributed by atoms with Crippen molar-refractivity contribution >= 4 is 23.7 Å². The van der Waals surface area contributed by atoms with Gasteiger partial charge in [0.2, 0.25) is 0 Å². The van der Waals surface area contributed by atoms with Crippen LogP contribution in [0.1, 0.15) is 35.3 Å². The number of nitrogens with one attached hydrogen (secondary N) is 1. The molecule has 1 N–H and O–H groups in total. The van der Waals surface area contributed by atoms with Gasteiger partial charge in [-0.2, -0.15) is 5.10 Å². The van der Waals surface area contributed by atoms with E-state index in [1.54, 1.807) is 30.3 Å². The summed E-state index contributed by atoms with van der Waals surface area (Å²) in [4.78, 5) is 12.5. The summed E-state index contributed by atoms with van der Waals surface area (Å²) in [5.41, 5.74) is 4.65. The van der Waals surface area contributed by atoms with Crippen molar-refractivity contribution in [2.24, 2.45) is 5.10 Å². The Morgan fingerprint density at radius 3 is 2.26 bits per heavy atom. The lowest BCUT2D eigenvalue weighted by atomic mass is 10.2. The summed E-state index contributed by atoms with van der Waals surface area (Å²) in [6, 6.07) is 17.8. The molecule has 0 fully saturated rings. The van der Waals surface area contributed by atoms with Crippen LogP contribution in [0.3, 0.4) is 0 Å². The molecule has 178 valence electrons. The zero-order chi connectivity index (χ0) is 24.3. The lowest BCUT2D eigenvalue weighted by Gasteiger charge is -2.13. The number of hydrazone groups is 1. The van der Waals surface area contributed by atoms with Crippen LogP contribution in [0.25, 0.3) is 0 Å². The van der Waals surface area contributed by atoms with Crippen molar-refractivity contribution in [3.8, 4) is 23.0 Å². The number of hydrogen-bond acceptors (Lipinski definition) is 6. The fraction of sp³-hybridized carbons (Fsp3) is 0.231. The van der Waals surface area contributed by atoms with Crippen LogP contribution in [0.2, 0.25) is 5.02 Å². The molecule has 3 aromatic rings. The number of ether oxygens (including phenoxy) is 4. The number of methoxy groups -OCH3 is 1. The smallest absolute Gasteiger partial charge is 0.271 e. The molecule has 34 heavy (non-hydrogen) atoms. The number of hydrogen-bond donors (Lipinski definition) is 1. The Labute approximate surface area is 204 Å². The van der Waals surface area contributed by atoms with Gasteiger partial charge in [-0.3, -0.25) is 4.79 Å². The van der Waals surface area contributed by atoms with E-state index in [0.29, 0.717) is 53.4 Å². The standard InChI is InChI=1S/C26H27ClN2O5/c1-4-32-22-13-9-20(15-24(22)31-3)26(30)29-28-16-19-8-12-23(25(14-19)33-5-2)34-17-18-6-10-21(27)11-7-18/h6-16H,4-5,17H2,1-3H3,(H,29,30)/b28-16+. The minimum absolute atomic E-state index is 0.370. The van der Waals surface area contributed by atoms with Crippen molar-refractivity contribution in [3.05, 3.63) is 82.4 Å². The Morgan fingerprint density at radius 1 is 0.882 bits per heavy atom. The summed E-state index contributed by atoms with van der Waals surface area (Å²) in [6.45, 7) is 5.14. The van der Waals surface area contributed by atoms with Crippen molar-refractivity contribution in [1.29, 1.82) is 0 Å². The first kappa shape index (κ1) is 24.9. The Balaban J connectivity index is 1.65. The number of rotatable bonds is 11. The van der Waals surface area contributed by atoms with Crippen molar-refractivity contribution in [2.75, 3.05) is 20.3 Å². The third-order valence-corrected chi connectivity index (χ3v) is 4.93. The van der Waals surface area contributed by atoms with Gasteiger partial charge in [-0.05, 0) is 73.5 Å². The Hall–Kier alpha value is -3.71. The monoisotopic (exact) mass is 482 g/mol. The molecule has 7 nitrogen and oxygen atoms in total. The van der Waals surface area contributed by atoms with Crippen LogP contribution in [0.15, 0.2) is 65.8 Å². The zero-order valence-electron chi connectivity index (χ0n) is 19.3. The van der Waals surface area contributed by atoms with Crippen molar-refractivity contribution in [3.63, 3.8) is 0 Å². The molecule has 0 radical (unpaired) electrons. The van der Waals surface area contributed by atoms with Gasteiger partial charge in [-0.1, -0.05) is 23.7 Å². The van der Waals surface area contributed by atoms with Gasteiger partial charge < -0.3 is 18.9 Å². The Morgan fingerprint density at radius 2 is 1.56 bits per heavy atom. The SMILES string of the molecule is CCOc1ccc(C(=O)N/N=C/c2ccc(OCc3ccc(Cl)cc3)c(OCC)c2)cc1OC. The van der Waals surface area contributed by atoms with E-state index < -0.39 is 0 Å². The third-order valence-electron chi connectivity index (χ3n) is 4.68. The van der Waals surface area contributed by atoms with Crippen LogP contribution in [-0.2, 0) is 6.61 Å². The highest BCUT2D eigenvalue weighted by atomic mass is 35.5. The molecular weight excluding hydrogens is 456 g/mol. The Kier molecular flexibility index (Phi) is 9.17. The van der Waals surface area contributed by atoms with Gasteiger partial charge >= 0.3 is 0 Å². The Bertz CT molecular complexity index is 1130. The molecule has 3 rings (SSSR count). The van der Waals surface area contributed by atoms with Crippen LogP contribution >= 0.6 is 11.6 Å². The summed E-state index contributed by atoms with van der Waals surface area (Å²) in [6.07, 6.45) is 1.54. The molecule has 1 amide bonds. The largest absolute Gasteiger partial charge is 0.493 e. The van der Waals surface area contributed by atoms with Gasteiger partial charge in [0.15, 0.2) is 23.0 Å². The summed E-state index contributed by atoms with van der Waals surface area (Å²) in [5, 5.41) is 4.74. The lowest BCUT2D eigenvalue weighted by Crippen LogP contribution is -2.17. The third kappa shape index (κ3) is 6.89. The van der Waals surface area contributed by atoms with E-state index in [1.807, 2.05) is 44.2 Å². The summed E-state index contributed by atoms with van der Waals surface area (Å²) >= 11 is 5.93. The highest BCUT2D eigenvalue weighted by molar-refractivity contribution is 6.30. The molecule has 0 aliphatic carbocycles. The first-order valence-corrected chi connectivity index (χ1v) is 11.2. The minimum Gasteiger partial charge on any atom is -0.493 e. The molecule has 0 saturated heterocycles. The molecule has 8 heteroatoms. The second kappa shape index (κ2) is 12.5. The average Bonchev–Trinajstić information content (AvgIpc) is 2.85. The minimum atomic E-state index is -0.370. The number of halogens is 1. The van der Waals surface area contributed by atoms with E-state index in [-0.39, 0.29) is 5.91 Å².